The minimum absolute atomic E-state index is 0. The van der Waals surface area contributed by atoms with Gasteiger partial charge < -0.3 is 14.2 Å². The van der Waals surface area contributed by atoms with E-state index in [1.54, 1.807) is 0 Å². The van der Waals surface area contributed by atoms with E-state index in [4.69, 9.17) is 4.42 Å². The van der Waals surface area contributed by atoms with Crippen molar-refractivity contribution in [2.75, 3.05) is 20.6 Å². The molecule has 0 N–H and O–H groups in total. The summed E-state index contributed by atoms with van der Waals surface area (Å²) in [6, 6.07) is 12.5. The number of amides is 1. The van der Waals surface area contributed by atoms with Crippen molar-refractivity contribution < 1.29 is 9.21 Å². The molecule has 1 aromatic carbocycles. The van der Waals surface area contributed by atoms with Crippen LogP contribution in [0.25, 0.3) is 0 Å². The van der Waals surface area contributed by atoms with Gasteiger partial charge in [-0.15, -0.1) is 12.4 Å². The fraction of sp³-hybridized carbons (Fsp3) is 0.450. The summed E-state index contributed by atoms with van der Waals surface area (Å²) in [6.07, 6.45) is 3.31. The molecule has 1 aliphatic rings. The van der Waals surface area contributed by atoms with Crippen LogP contribution in [-0.2, 0) is 30.7 Å². The molecule has 0 atom stereocenters. The van der Waals surface area contributed by atoms with Crippen molar-refractivity contribution in [1.82, 2.24) is 9.80 Å². The van der Waals surface area contributed by atoms with E-state index in [1.165, 1.54) is 11.1 Å². The summed E-state index contributed by atoms with van der Waals surface area (Å²) in [7, 11) is 4.06. The predicted octanol–water partition coefficient (Wildman–Crippen LogP) is 3.67. The van der Waals surface area contributed by atoms with Crippen LogP contribution in [0.5, 0.6) is 0 Å². The summed E-state index contributed by atoms with van der Waals surface area (Å²) in [5, 5.41) is 0. The second-order valence-corrected chi connectivity index (χ2v) is 6.80. The zero-order chi connectivity index (χ0) is 16.9. The van der Waals surface area contributed by atoms with Crippen molar-refractivity contribution in [1.29, 1.82) is 0 Å². The Bertz CT molecular complexity index is 682. The number of aryl methyl sites for hydroxylation is 1. The average molecular weight is 363 g/mol. The monoisotopic (exact) mass is 362 g/mol. The molecule has 0 unspecified atom stereocenters. The molecule has 1 aliphatic heterocycles. The van der Waals surface area contributed by atoms with E-state index in [9.17, 15) is 4.79 Å². The van der Waals surface area contributed by atoms with Crippen LogP contribution in [0.1, 0.15) is 35.5 Å². The lowest BCUT2D eigenvalue weighted by Crippen LogP contribution is -2.35. The lowest BCUT2D eigenvalue weighted by atomic mass is 10.1. The molecule has 0 bridgehead atoms. The van der Waals surface area contributed by atoms with Gasteiger partial charge in [0, 0.05) is 31.5 Å². The molecule has 0 saturated heterocycles. The zero-order valence-corrected chi connectivity index (χ0v) is 15.8. The lowest BCUT2D eigenvalue weighted by molar-refractivity contribution is -0.132. The number of carbonyl (C=O) groups is 1. The lowest BCUT2D eigenvalue weighted by Gasteiger charge is -2.26. The van der Waals surface area contributed by atoms with Crippen LogP contribution in [-0.4, -0.2) is 36.3 Å². The van der Waals surface area contributed by atoms with Crippen molar-refractivity contribution in [2.24, 2.45) is 0 Å². The first-order valence-electron chi connectivity index (χ1n) is 8.68. The van der Waals surface area contributed by atoms with Crippen molar-refractivity contribution >= 4 is 18.3 Å². The molecular weight excluding hydrogens is 336 g/mol. The van der Waals surface area contributed by atoms with E-state index >= 15 is 0 Å². The van der Waals surface area contributed by atoms with Gasteiger partial charge in [0.05, 0.1) is 6.54 Å². The normalized spacial score (nSPS) is 13.5. The minimum Gasteiger partial charge on any atom is -0.464 e. The van der Waals surface area contributed by atoms with Crippen LogP contribution in [0, 0.1) is 0 Å². The topological polar surface area (TPSA) is 36.7 Å². The van der Waals surface area contributed by atoms with Gasteiger partial charge >= 0.3 is 0 Å². The first kappa shape index (κ1) is 19.5. The average Bonchev–Trinajstić information content (AvgIpc) is 2.96. The van der Waals surface area contributed by atoms with Crippen LogP contribution >= 0.6 is 12.4 Å². The van der Waals surface area contributed by atoms with Gasteiger partial charge in [-0.2, -0.15) is 0 Å². The van der Waals surface area contributed by atoms with E-state index in [2.05, 4.69) is 23.1 Å². The molecule has 5 heteroatoms. The van der Waals surface area contributed by atoms with Crippen LogP contribution in [0.3, 0.4) is 0 Å². The Balaban J connectivity index is 0.00000225. The number of hydrogen-bond acceptors (Lipinski definition) is 3. The first-order valence-corrected chi connectivity index (χ1v) is 8.68. The zero-order valence-electron chi connectivity index (χ0n) is 15.0. The highest BCUT2D eigenvalue weighted by Gasteiger charge is 2.23. The summed E-state index contributed by atoms with van der Waals surface area (Å²) in [6.45, 7) is 2.26. The molecule has 1 aromatic heterocycles. The number of benzene rings is 1. The third kappa shape index (κ3) is 5.35. The number of fused-ring (bicyclic) bond motifs is 1. The van der Waals surface area contributed by atoms with Gasteiger partial charge in [-0.25, -0.2) is 0 Å². The van der Waals surface area contributed by atoms with Crippen LogP contribution in [0.15, 0.2) is 40.8 Å². The van der Waals surface area contributed by atoms with Crippen molar-refractivity contribution in [3.05, 3.63) is 59.0 Å². The molecule has 25 heavy (non-hydrogen) atoms. The standard InChI is InChI=1S/C20H26N2O2.ClH/c1-21(2)15-18-13-17-14-22(12-11-19(17)24-18)20(23)10-6-9-16-7-4-3-5-8-16;/h3-5,7-8,13H,6,9-12,14-15H2,1-2H3;1H. The van der Waals surface area contributed by atoms with Crippen LogP contribution in [0.2, 0.25) is 0 Å². The predicted molar refractivity (Wildman–Crippen MR) is 102 cm³/mol. The number of rotatable bonds is 6. The molecule has 0 radical (unpaired) electrons. The Morgan fingerprint density at radius 3 is 2.72 bits per heavy atom. The second kappa shape index (κ2) is 9.07. The van der Waals surface area contributed by atoms with Gasteiger partial charge in [-0.1, -0.05) is 30.3 Å². The van der Waals surface area contributed by atoms with Gasteiger partial charge in [0.25, 0.3) is 0 Å². The summed E-state index contributed by atoms with van der Waals surface area (Å²) in [4.78, 5) is 16.5. The third-order valence-electron chi connectivity index (χ3n) is 4.44. The van der Waals surface area contributed by atoms with Crippen molar-refractivity contribution in [2.45, 2.75) is 38.8 Å². The number of furan rings is 1. The Morgan fingerprint density at radius 2 is 2.00 bits per heavy atom. The van der Waals surface area contributed by atoms with Crippen LogP contribution < -0.4 is 0 Å². The molecule has 0 spiro atoms. The second-order valence-electron chi connectivity index (χ2n) is 6.80. The highest BCUT2D eigenvalue weighted by molar-refractivity contribution is 5.85. The maximum atomic E-state index is 12.5. The fourth-order valence-electron chi connectivity index (χ4n) is 3.24. The Hall–Kier alpha value is -1.78. The molecule has 4 nitrogen and oxygen atoms in total. The number of halogens is 1. The van der Waals surface area contributed by atoms with Gasteiger partial charge in [0.2, 0.25) is 5.91 Å². The molecule has 2 heterocycles. The molecule has 2 aromatic rings. The first-order chi connectivity index (χ1) is 11.6. The number of hydrogen-bond donors (Lipinski definition) is 0. The molecule has 0 aliphatic carbocycles. The summed E-state index contributed by atoms with van der Waals surface area (Å²) in [5.41, 5.74) is 2.48. The van der Waals surface area contributed by atoms with Crippen molar-refractivity contribution in [3.8, 4) is 0 Å². The van der Waals surface area contributed by atoms with E-state index in [-0.39, 0.29) is 18.3 Å². The van der Waals surface area contributed by atoms with E-state index in [0.717, 1.165) is 43.9 Å². The van der Waals surface area contributed by atoms with E-state index in [0.29, 0.717) is 13.0 Å². The smallest absolute Gasteiger partial charge is 0.222 e. The van der Waals surface area contributed by atoms with Crippen LogP contribution in [0.4, 0.5) is 0 Å². The number of nitrogens with zero attached hydrogens (tertiary/aromatic N) is 2. The molecule has 136 valence electrons. The SMILES string of the molecule is CN(C)Cc1cc2c(o1)CCN(C(=O)CCCc1ccccc1)C2.Cl. The number of carbonyl (C=O) groups excluding carboxylic acids is 1. The maximum absolute atomic E-state index is 12.5. The minimum atomic E-state index is 0. The fourth-order valence-corrected chi connectivity index (χ4v) is 3.24. The molecule has 3 rings (SSSR count). The van der Waals surface area contributed by atoms with Gasteiger partial charge in [-0.05, 0) is 38.6 Å². The summed E-state index contributed by atoms with van der Waals surface area (Å²) >= 11 is 0. The third-order valence-corrected chi connectivity index (χ3v) is 4.44. The van der Waals surface area contributed by atoms with Gasteiger partial charge in [0.15, 0.2) is 0 Å². The highest BCUT2D eigenvalue weighted by atomic mass is 35.5. The van der Waals surface area contributed by atoms with E-state index in [1.807, 2.05) is 37.2 Å². The molecule has 1 amide bonds. The molecule has 0 fully saturated rings. The van der Waals surface area contributed by atoms with Gasteiger partial charge in [0.1, 0.15) is 11.5 Å². The molecule has 0 saturated carbocycles. The van der Waals surface area contributed by atoms with Crippen molar-refractivity contribution in [3.63, 3.8) is 0 Å². The van der Waals surface area contributed by atoms with Gasteiger partial charge in [-0.3, -0.25) is 4.79 Å². The molecular formula is C20H27ClN2O2. The quantitative estimate of drug-likeness (QED) is 0.786. The highest BCUT2D eigenvalue weighted by Crippen LogP contribution is 2.24. The Labute approximate surface area is 156 Å². The largest absolute Gasteiger partial charge is 0.464 e. The Morgan fingerprint density at radius 1 is 1.24 bits per heavy atom. The Kier molecular flexibility index (Phi) is 7.09. The van der Waals surface area contributed by atoms with E-state index < -0.39 is 0 Å². The summed E-state index contributed by atoms with van der Waals surface area (Å²) < 4.78 is 5.90. The maximum Gasteiger partial charge on any atom is 0.222 e. The summed E-state index contributed by atoms with van der Waals surface area (Å²) in [5.74, 6) is 2.30.